The molecule has 0 aromatic heterocycles. The molecule has 2 rings (SSSR count). The molecule has 1 heterocycles. The molecule has 0 saturated carbocycles. The van der Waals surface area contributed by atoms with Gasteiger partial charge in [-0.15, -0.1) is 0 Å². The van der Waals surface area contributed by atoms with E-state index in [1.165, 1.54) is 38.8 Å². The van der Waals surface area contributed by atoms with Gasteiger partial charge in [0.2, 0.25) is 0 Å². The van der Waals surface area contributed by atoms with E-state index in [2.05, 4.69) is 10.4 Å². The van der Waals surface area contributed by atoms with Crippen LogP contribution in [0.3, 0.4) is 0 Å². The van der Waals surface area contributed by atoms with E-state index in [1.807, 2.05) is 24.1 Å². The smallest absolute Gasteiger partial charge is 0.0992 e. The minimum atomic E-state index is 0.628. The molecule has 0 radical (unpaired) electrons. The van der Waals surface area contributed by atoms with E-state index in [0.717, 1.165) is 11.3 Å². The first kappa shape index (κ1) is 13.7. The third-order valence-corrected chi connectivity index (χ3v) is 4.67. The van der Waals surface area contributed by atoms with Crippen LogP contribution < -0.4 is 0 Å². The van der Waals surface area contributed by atoms with Crippen molar-refractivity contribution in [3.05, 3.63) is 34.3 Å². The molecule has 1 saturated heterocycles. The monoisotopic (exact) mass is 280 g/mol. The van der Waals surface area contributed by atoms with Crippen LogP contribution in [-0.4, -0.2) is 17.4 Å². The molecule has 1 aromatic carbocycles. The fraction of sp³-hybridized carbons (Fsp3) is 0.500. The van der Waals surface area contributed by atoms with E-state index in [9.17, 15) is 0 Å². The molecule has 0 amide bonds. The van der Waals surface area contributed by atoms with Gasteiger partial charge in [-0.3, -0.25) is 4.31 Å². The van der Waals surface area contributed by atoms with E-state index in [-0.39, 0.29) is 0 Å². The number of halogens is 1. The molecule has 0 N–H and O–H groups in total. The third kappa shape index (κ3) is 3.91. The van der Waals surface area contributed by atoms with Crippen molar-refractivity contribution in [3.8, 4) is 6.07 Å². The normalized spacial score (nSPS) is 17.1. The molecule has 0 spiro atoms. The molecule has 0 unspecified atom stereocenters. The zero-order valence-corrected chi connectivity index (χ0v) is 11.9. The van der Waals surface area contributed by atoms with Gasteiger partial charge in [0.25, 0.3) is 0 Å². The molecule has 0 atom stereocenters. The summed E-state index contributed by atoms with van der Waals surface area (Å²) < 4.78 is 2.45. The van der Waals surface area contributed by atoms with Gasteiger partial charge >= 0.3 is 0 Å². The van der Waals surface area contributed by atoms with Gasteiger partial charge in [0.1, 0.15) is 0 Å². The molecule has 1 aliphatic rings. The fourth-order valence-corrected chi connectivity index (χ4v) is 3.48. The predicted octanol–water partition coefficient (Wildman–Crippen LogP) is 4.24. The van der Waals surface area contributed by atoms with Gasteiger partial charge in [0.15, 0.2) is 0 Å². The summed E-state index contributed by atoms with van der Waals surface area (Å²) in [7, 11) is 0. The van der Waals surface area contributed by atoms with Crippen LogP contribution in [0.25, 0.3) is 0 Å². The summed E-state index contributed by atoms with van der Waals surface area (Å²) in [6.07, 6.45) is 5.31. The average Bonchev–Trinajstić information content (AvgIpc) is 2.66. The van der Waals surface area contributed by atoms with Crippen LogP contribution in [0.1, 0.15) is 36.8 Å². The molecule has 4 heteroatoms. The molecule has 1 aliphatic heterocycles. The lowest BCUT2D eigenvalue weighted by molar-refractivity contribution is 0.489. The van der Waals surface area contributed by atoms with E-state index in [1.54, 1.807) is 6.07 Å². The second kappa shape index (κ2) is 7.04. The van der Waals surface area contributed by atoms with Crippen LogP contribution in [0.5, 0.6) is 0 Å². The lowest BCUT2D eigenvalue weighted by Crippen LogP contribution is -2.16. The van der Waals surface area contributed by atoms with Gasteiger partial charge < -0.3 is 0 Å². The predicted molar refractivity (Wildman–Crippen MR) is 77.5 cm³/mol. The van der Waals surface area contributed by atoms with Crippen molar-refractivity contribution in [1.29, 1.82) is 5.26 Å². The fourth-order valence-electron chi connectivity index (χ4n) is 2.07. The number of benzene rings is 1. The minimum absolute atomic E-state index is 0.628. The van der Waals surface area contributed by atoms with Crippen LogP contribution in [0.2, 0.25) is 5.02 Å². The second-order valence-corrected chi connectivity index (χ2v) is 6.01. The highest BCUT2D eigenvalue weighted by molar-refractivity contribution is 7.96. The summed E-state index contributed by atoms with van der Waals surface area (Å²) in [5.41, 5.74) is 1.74. The Morgan fingerprint density at radius 1 is 1.22 bits per heavy atom. The Labute approximate surface area is 118 Å². The summed E-state index contributed by atoms with van der Waals surface area (Å²) in [4.78, 5) is 0. The maximum absolute atomic E-state index is 8.80. The Bertz CT molecular complexity index is 434. The SMILES string of the molecule is N#Cc1ccc(CSN2CCCCCC2)c(Cl)c1. The summed E-state index contributed by atoms with van der Waals surface area (Å²) in [5.74, 6) is 0.893. The third-order valence-electron chi connectivity index (χ3n) is 3.15. The van der Waals surface area contributed by atoms with E-state index in [0.29, 0.717) is 10.6 Å². The average molecular weight is 281 g/mol. The molecule has 1 aromatic rings. The van der Waals surface area contributed by atoms with Crippen LogP contribution in [0.4, 0.5) is 0 Å². The number of hydrogen-bond donors (Lipinski definition) is 0. The molecular formula is C14H17ClN2S. The summed E-state index contributed by atoms with van der Waals surface area (Å²) in [5, 5.41) is 9.50. The highest BCUT2D eigenvalue weighted by Gasteiger charge is 2.10. The minimum Gasteiger partial charge on any atom is -0.250 e. The van der Waals surface area contributed by atoms with Crippen molar-refractivity contribution in [1.82, 2.24) is 4.31 Å². The first-order chi connectivity index (χ1) is 8.79. The topological polar surface area (TPSA) is 27.0 Å². The van der Waals surface area contributed by atoms with Crippen LogP contribution in [-0.2, 0) is 5.75 Å². The largest absolute Gasteiger partial charge is 0.250 e. The Balaban J connectivity index is 1.91. The highest BCUT2D eigenvalue weighted by Crippen LogP contribution is 2.26. The summed E-state index contributed by atoms with van der Waals surface area (Å²) in [6, 6.07) is 7.66. The van der Waals surface area contributed by atoms with Crippen LogP contribution >= 0.6 is 23.5 Å². The van der Waals surface area contributed by atoms with Gasteiger partial charge in [-0.25, -0.2) is 0 Å². The van der Waals surface area contributed by atoms with E-state index >= 15 is 0 Å². The molecule has 2 nitrogen and oxygen atoms in total. The maximum atomic E-state index is 8.80. The zero-order chi connectivity index (χ0) is 12.8. The molecule has 96 valence electrons. The van der Waals surface area contributed by atoms with Crippen molar-refractivity contribution in [2.75, 3.05) is 13.1 Å². The highest BCUT2D eigenvalue weighted by atomic mass is 35.5. The molecule has 18 heavy (non-hydrogen) atoms. The molecule has 0 bridgehead atoms. The zero-order valence-electron chi connectivity index (χ0n) is 10.4. The van der Waals surface area contributed by atoms with Crippen molar-refractivity contribution in [2.45, 2.75) is 31.4 Å². The van der Waals surface area contributed by atoms with Crippen LogP contribution in [0.15, 0.2) is 18.2 Å². The van der Waals surface area contributed by atoms with Gasteiger partial charge in [-0.1, -0.05) is 42.5 Å². The first-order valence-corrected chi connectivity index (χ1v) is 7.68. The molecule has 0 aliphatic carbocycles. The van der Waals surface area contributed by atoms with E-state index < -0.39 is 0 Å². The lowest BCUT2D eigenvalue weighted by atomic mass is 10.2. The van der Waals surface area contributed by atoms with Crippen molar-refractivity contribution >= 4 is 23.5 Å². The van der Waals surface area contributed by atoms with Crippen LogP contribution in [0, 0.1) is 11.3 Å². The number of nitrogens with zero attached hydrogens (tertiary/aromatic N) is 2. The van der Waals surface area contributed by atoms with Crippen molar-refractivity contribution < 1.29 is 0 Å². The second-order valence-electron chi connectivity index (χ2n) is 4.53. The number of nitriles is 1. The standard InChI is InChI=1S/C14H17ClN2S/c15-14-9-12(10-16)5-6-13(14)11-18-17-7-3-1-2-4-8-17/h5-6,9H,1-4,7-8,11H2. The van der Waals surface area contributed by atoms with Gasteiger partial charge in [-0.2, -0.15) is 5.26 Å². The van der Waals surface area contributed by atoms with Gasteiger partial charge in [0.05, 0.1) is 11.6 Å². The number of hydrogen-bond acceptors (Lipinski definition) is 3. The number of rotatable bonds is 3. The summed E-state index contributed by atoms with van der Waals surface area (Å²) >= 11 is 8.03. The summed E-state index contributed by atoms with van der Waals surface area (Å²) in [6.45, 7) is 2.36. The Kier molecular flexibility index (Phi) is 5.37. The quantitative estimate of drug-likeness (QED) is 0.775. The Morgan fingerprint density at radius 2 is 1.94 bits per heavy atom. The Morgan fingerprint density at radius 3 is 2.56 bits per heavy atom. The van der Waals surface area contributed by atoms with Gasteiger partial charge in [0, 0.05) is 23.9 Å². The van der Waals surface area contributed by atoms with E-state index in [4.69, 9.17) is 16.9 Å². The molecular weight excluding hydrogens is 264 g/mol. The maximum Gasteiger partial charge on any atom is 0.0992 e. The van der Waals surface area contributed by atoms with Crippen molar-refractivity contribution in [2.24, 2.45) is 0 Å². The Hall–Kier alpha value is -0.690. The van der Waals surface area contributed by atoms with Crippen molar-refractivity contribution in [3.63, 3.8) is 0 Å². The first-order valence-electron chi connectivity index (χ1n) is 6.36. The van der Waals surface area contributed by atoms with Gasteiger partial charge in [-0.05, 0) is 30.5 Å². The lowest BCUT2D eigenvalue weighted by Gasteiger charge is -2.18. The molecule has 1 fully saturated rings.